The number of nitrogens with zero attached hydrogens (tertiary/aromatic N) is 3. The number of sulfone groups is 1. The number of alkyl halides is 3. The fourth-order valence-electron chi connectivity index (χ4n) is 2.72. The van der Waals surface area contributed by atoms with Gasteiger partial charge >= 0.3 is 5.51 Å². The van der Waals surface area contributed by atoms with Crippen molar-refractivity contribution in [2.75, 3.05) is 44.2 Å². The van der Waals surface area contributed by atoms with Crippen LogP contribution in [0.2, 0.25) is 0 Å². The number of nitro benzene ring substituents is 1. The summed E-state index contributed by atoms with van der Waals surface area (Å²) in [7, 11) is -5.65. The number of hydrogen-bond donors (Lipinski definition) is 1. The minimum atomic E-state index is -5.65. The van der Waals surface area contributed by atoms with Crippen LogP contribution in [0.15, 0.2) is 23.1 Å². The van der Waals surface area contributed by atoms with Crippen LogP contribution < -0.4 is 4.90 Å². The molecular formula is C14H18F3N3O5S. The first kappa shape index (κ1) is 20.4. The number of rotatable bonds is 6. The Morgan fingerprint density at radius 3 is 2.31 bits per heavy atom. The third-order valence-corrected chi connectivity index (χ3v) is 5.59. The van der Waals surface area contributed by atoms with Gasteiger partial charge in [0.15, 0.2) is 0 Å². The van der Waals surface area contributed by atoms with Crippen LogP contribution in [0, 0.1) is 10.1 Å². The average molecular weight is 397 g/mol. The standard InChI is InChI=1S/C14H18F3N3O5S/c15-14(16,17)26(24,25)11-2-3-12(13(10-11)20(22)23)19-7-5-18(6-8-19)4-1-9-21/h2-3,10,21H,1,4-9H2. The Labute approximate surface area is 147 Å². The van der Waals surface area contributed by atoms with Crippen molar-refractivity contribution >= 4 is 21.2 Å². The summed E-state index contributed by atoms with van der Waals surface area (Å²) in [4.78, 5) is 12.9. The molecule has 0 amide bonds. The molecule has 1 fully saturated rings. The number of halogens is 3. The van der Waals surface area contributed by atoms with E-state index >= 15 is 0 Å². The molecule has 12 heteroatoms. The molecule has 0 radical (unpaired) electrons. The van der Waals surface area contributed by atoms with Gasteiger partial charge in [-0.1, -0.05) is 0 Å². The molecule has 1 heterocycles. The van der Waals surface area contributed by atoms with E-state index in [4.69, 9.17) is 5.11 Å². The van der Waals surface area contributed by atoms with Crippen LogP contribution in [0.1, 0.15) is 6.42 Å². The third kappa shape index (κ3) is 4.24. The zero-order valence-corrected chi connectivity index (χ0v) is 14.5. The molecular weight excluding hydrogens is 379 g/mol. The van der Waals surface area contributed by atoms with Gasteiger partial charge in [-0.15, -0.1) is 0 Å². The third-order valence-electron chi connectivity index (χ3n) is 4.10. The lowest BCUT2D eigenvalue weighted by Gasteiger charge is -2.35. The van der Waals surface area contributed by atoms with Gasteiger partial charge in [-0.05, 0) is 18.6 Å². The number of hydrogen-bond acceptors (Lipinski definition) is 7. The van der Waals surface area contributed by atoms with Crippen LogP contribution in [-0.2, 0) is 9.84 Å². The van der Waals surface area contributed by atoms with Crippen LogP contribution in [-0.4, -0.2) is 68.2 Å². The summed E-state index contributed by atoms with van der Waals surface area (Å²) < 4.78 is 60.9. The maximum absolute atomic E-state index is 12.7. The highest BCUT2D eigenvalue weighted by Gasteiger charge is 2.47. The Morgan fingerprint density at radius 2 is 1.81 bits per heavy atom. The van der Waals surface area contributed by atoms with Gasteiger partial charge in [-0.2, -0.15) is 13.2 Å². The van der Waals surface area contributed by atoms with Gasteiger partial charge in [0.2, 0.25) is 0 Å². The van der Waals surface area contributed by atoms with Crippen molar-refractivity contribution in [1.82, 2.24) is 4.90 Å². The van der Waals surface area contributed by atoms with Crippen molar-refractivity contribution in [2.45, 2.75) is 16.8 Å². The minimum absolute atomic E-state index is 0.0564. The summed E-state index contributed by atoms with van der Waals surface area (Å²) in [5.41, 5.74) is -6.13. The summed E-state index contributed by atoms with van der Waals surface area (Å²) >= 11 is 0. The highest BCUT2D eigenvalue weighted by Crippen LogP contribution is 2.36. The van der Waals surface area contributed by atoms with E-state index in [0.717, 1.165) is 12.1 Å². The van der Waals surface area contributed by atoms with Gasteiger partial charge in [0.25, 0.3) is 15.5 Å². The Morgan fingerprint density at radius 1 is 1.19 bits per heavy atom. The molecule has 1 aromatic carbocycles. The average Bonchev–Trinajstić information content (AvgIpc) is 2.58. The topological polar surface area (TPSA) is 104 Å². The molecule has 1 aromatic rings. The first-order chi connectivity index (χ1) is 12.1. The molecule has 0 unspecified atom stereocenters. The number of anilines is 1. The largest absolute Gasteiger partial charge is 0.501 e. The van der Waals surface area contributed by atoms with E-state index in [2.05, 4.69) is 4.90 Å². The maximum atomic E-state index is 12.7. The second-order valence-electron chi connectivity index (χ2n) is 5.76. The lowest BCUT2D eigenvalue weighted by atomic mass is 10.2. The zero-order valence-electron chi connectivity index (χ0n) is 13.6. The Hall–Kier alpha value is -1.92. The Kier molecular flexibility index (Phi) is 6.09. The molecule has 0 spiro atoms. The van der Waals surface area contributed by atoms with Crippen molar-refractivity contribution in [3.63, 3.8) is 0 Å². The molecule has 0 saturated carbocycles. The second kappa shape index (κ2) is 7.76. The fourth-order valence-corrected chi connectivity index (χ4v) is 3.51. The van der Waals surface area contributed by atoms with Gasteiger partial charge in [-0.3, -0.25) is 15.0 Å². The van der Waals surface area contributed by atoms with E-state index in [9.17, 15) is 31.7 Å². The zero-order chi connectivity index (χ0) is 19.5. The Bertz CT molecular complexity index is 762. The second-order valence-corrected chi connectivity index (χ2v) is 7.70. The highest BCUT2D eigenvalue weighted by atomic mass is 32.2. The first-order valence-corrected chi connectivity index (χ1v) is 9.24. The van der Waals surface area contributed by atoms with Gasteiger partial charge in [-0.25, -0.2) is 8.42 Å². The lowest BCUT2D eigenvalue weighted by molar-refractivity contribution is -0.384. The van der Waals surface area contributed by atoms with Gasteiger partial charge in [0.1, 0.15) is 5.69 Å². The molecule has 0 bridgehead atoms. The normalized spacial score (nSPS) is 16.7. The van der Waals surface area contributed by atoms with Crippen molar-refractivity contribution < 1.29 is 31.6 Å². The smallest absolute Gasteiger partial charge is 0.396 e. The molecule has 1 saturated heterocycles. The quantitative estimate of drug-likeness (QED) is 0.571. The molecule has 0 aliphatic carbocycles. The van der Waals surface area contributed by atoms with Crippen LogP contribution >= 0.6 is 0 Å². The van der Waals surface area contributed by atoms with Crippen molar-refractivity contribution in [3.8, 4) is 0 Å². The van der Waals surface area contributed by atoms with Gasteiger partial charge in [0.05, 0.1) is 9.82 Å². The predicted octanol–water partition coefficient (Wildman–Crippen LogP) is 1.39. The van der Waals surface area contributed by atoms with Crippen LogP contribution in [0.25, 0.3) is 0 Å². The molecule has 1 aliphatic rings. The molecule has 1 N–H and O–H groups in total. The molecule has 26 heavy (non-hydrogen) atoms. The lowest BCUT2D eigenvalue weighted by Crippen LogP contribution is -2.46. The van der Waals surface area contributed by atoms with E-state index in [1.807, 2.05) is 0 Å². The summed E-state index contributed by atoms with van der Waals surface area (Å²) in [5, 5.41) is 20.1. The molecule has 2 rings (SSSR count). The van der Waals surface area contributed by atoms with E-state index < -0.39 is 30.9 Å². The number of piperazine rings is 1. The molecule has 1 aliphatic heterocycles. The van der Waals surface area contributed by atoms with Crippen LogP contribution in [0.5, 0.6) is 0 Å². The Balaban J connectivity index is 2.27. The van der Waals surface area contributed by atoms with Crippen molar-refractivity contribution in [2.24, 2.45) is 0 Å². The minimum Gasteiger partial charge on any atom is -0.396 e. The number of aliphatic hydroxyl groups is 1. The molecule has 0 aromatic heterocycles. The number of nitro groups is 1. The SMILES string of the molecule is O=[N+]([O-])c1cc(S(=O)(=O)C(F)(F)F)ccc1N1CCN(CCCO)CC1. The molecule has 0 atom stereocenters. The molecule has 146 valence electrons. The van der Waals surface area contributed by atoms with E-state index in [1.165, 1.54) is 0 Å². The van der Waals surface area contributed by atoms with Crippen LogP contribution in [0.4, 0.5) is 24.5 Å². The van der Waals surface area contributed by atoms with E-state index in [0.29, 0.717) is 45.2 Å². The van der Waals surface area contributed by atoms with Crippen molar-refractivity contribution in [1.29, 1.82) is 0 Å². The van der Waals surface area contributed by atoms with E-state index in [-0.39, 0.29) is 12.3 Å². The van der Waals surface area contributed by atoms with Gasteiger partial charge < -0.3 is 10.0 Å². The summed E-state index contributed by atoms with van der Waals surface area (Å²) in [5.74, 6) is 0. The fraction of sp³-hybridized carbons (Fsp3) is 0.571. The number of benzene rings is 1. The van der Waals surface area contributed by atoms with E-state index in [1.54, 1.807) is 4.90 Å². The first-order valence-electron chi connectivity index (χ1n) is 7.76. The number of aliphatic hydroxyl groups excluding tert-OH is 1. The monoisotopic (exact) mass is 397 g/mol. The predicted molar refractivity (Wildman–Crippen MR) is 86.7 cm³/mol. The maximum Gasteiger partial charge on any atom is 0.501 e. The molecule has 8 nitrogen and oxygen atoms in total. The summed E-state index contributed by atoms with van der Waals surface area (Å²) in [6, 6.07) is 2.24. The van der Waals surface area contributed by atoms with Gasteiger partial charge in [0, 0.05) is 45.4 Å². The van der Waals surface area contributed by atoms with Crippen LogP contribution in [0.3, 0.4) is 0 Å². The summed E-state index contributed by atoms with van der Waals surface area (Å²) in [6.07, 6.45) is 0.601. The summed E-state index contributed by atoms with van der Waals surface area (Å²) in [6.45, 7) is 2.67. The van der Waals surface area contributed by atoms with Crippen molar-refractivity contribution in [3.05, 3.63) is 28.3 Å². The highest BCUT2D eigenvalue weighted by molar-refractivity contribution is 7.92.